The lowest BCUT2D eigenvalue weighted by molar-refractivity contribution is -0.148. The van der Waals surface area contributed by atoms with Crippen molar-refractivity contribution in [1.82, 2.24) is 9.88 Å². The van der Waals surface area contributed by atoms with Crippen molar-refractivity contribution in [2.24, 2.45) is 17.6 Å². The molecule has 4 atom stereocenters. The molecule has 1 amide bonds. The zero-order valence-electron chi connectivity index (χ0n) is 24.0. The van der Waals surface area contributed by atoms with Crippen LogP contribution in [-0.4, -0.2) is 87.6 Å². The number of nitrogens with two attached hydrogens (primary N) is 1. The number of halogens is 3. The summed E-state index contributed by atoms with van der Waals surface area (Å²) in [5.41, 5.74) is 1.16. The number of anilines is 2. The highest BCUT2D eigenvalue weighted by Crippen LogP contribution is 2.53. The van der Waals surface area contributed by atoms with Gasteiger partial charge < -0.3 is 36.4 Å². The van der Waals surface area contributed by atoms with Crippen molar-refractivity contribution in [1.29, 1.82) is 0 Å². The van der Waals surface area contributed by atoms with Gasteiger partial charge >= 0.3 is 6.18 Å². The second kappa shape index (κ2) is 10.5. The molecule has 1 heterocycles. The predicted octanol–water partition coefficient (Wildman–Crippen LogP) is 2.27. The fourth-order valence-electron chi connectivity index (χ4n) is 6.54. The maximum absolute atomic E-state index is 14.1. The van der Waals surface area contributed by atoms with Crippen molar-refractivity contribution in [2.45, 2.75) is 37.2 Å². The number of benzene rings is 1. The summed E-state index contributed by atoms with van der Waals surface area (Å²) in [5, 5.41) is 48.9. The van der Waals surface area contributed by atoms with E-state index in [2.05, 4.69) is 10.3 Å². The number of hydrogen-bond donors (Lipinski definition) is 6. The van der Waals surface area contributed by atoms with Crippen LogP contribution in [0.2, 0.25) is 0 Å². The fraction of sp³-hybridized carbons (Fsp3) is 0.429. The summed E-state index contributed by atoms with van der Waals surface area (Å²) in [6, 6.07) is 0.472. The highest BCUT2D eigenvalue weighted by atomic mass is 32.1. The van der Waals surface area contributed by atoms with Gasteiger partial charge in [0.2, 0.25) is 5.78 Å². The minimum absolute atomic E-state index is 0.0612. The number of carbonyl (C=O) groups excluding carboxylic acids is 3. The van der Waals surface area contributed by atoms with Gasteiger partial charge in [-0.05, 0) is 44.5 Å². The molecule has 12 nitrogen and oxygen atoms in total. The molecule has 0 fully saturated rings. The number of ketones is 2. The number of primary amides is 1. The molecule has 0 unspecified atom stereocenters. The SMILES string of the molecule is CN(C)c1cc(CNc2nc(C(F)(F)F)cs2)c(O)c2c1C[C@H]1C[C@H]3[C@H](N(C)C)C(O)=C(C(N)=O)C(=O)[C@@]3(O)C(O)=C1C2=O. The number of likely N-dealkylation sites (N-methyl/N-ethyl adjacent to an activating group) is 1. The summed E-state index contributed by atoms with van der Waals surface area (Å²) < 4.78 is 39.0. The van der Waals surface area contributed by atoms with Gasteiger partial charge in [-0.25, -0.2) is 4.98 Å². The molecule has 0 bridgehead atoms. The Bertz CT molecular complexity index is 1660. The minimum atomic E-state index is -4.64. The number of Topliss-reactive ketones (excluding diaryl/α,β-unsaturated/α-hetero) is 2. The van der Waals surface area contributed by atoms with Gasteiger partial charge in [0.05, 0.1) is 11.6 Å². The standard InChI is InChI=1S/C28H30F3N5O7S/c1-35(2)14-7-11(8-33-26-34-15(9-44-26)28(29,30)31)20(37)17-12(14)5-10-6-13-19(36(3)4)22(39)18(25(32)42)24(41)27(13,43)23(40)16(10)21(17)38/h7,9-10,13,19,37,39-40,43H,5-6,8H2,1-4H3,(H2,32,42)(H,33,34)/t10-,13-,19-,27-/m0/s1. The number of carbonyl (C=O) groups is 3. The number of alkyl halides is 3. The molecule has 16 heteroatoms. The zero-order chi connectivity index (χ0) is 32.6. The quantitative estimate of drug-likeness (QED) is 0.255. The maximum atomic E-state index is 14.1. The van der Waals surface area contributed by atoms with E-state index in [1.807, 2.05) is 0 Å². The van der Waals surface area contributed by atoms with Crippen molar-refractivity contribution in [3.05, 3.63) is 56.5 Å². The number of allylic oxidation sites excluding steroid dienone is 1. The Morgan fingerprint density at radius 2 is 1.86 bits per heavy atom. The number of nitrogens with one attached hydrogen (secondary N) is 1. The Morgan fingerprint density at radius 3 is 2.41 bits per heavy atom. The Kier molecular flexibility index (Phi) is 7.46. The first-order chi connectivity index (χ1) is 20.4. The largest absolute Gasteiger partial charge is 0.510 e. The monoisotopic (exact) mass is 637 g/mol. The zero-order valence-corrected chi connectivity index (χ0v) is 24.8. The smallest absolute Gasteiger partial charge is 0.434 e. The van der Waals surface area contributed by atoms with E-state index in [4.69, 9.17) is 5.73 Å². The van der Waals surface area contributed by atoms with Gasteiger partial charge in [0.15, 0.2) is 22.2 Å². The fourth-order valence-corrected chi connectivity index (χ4v) is 7.26. The summed E-state index contributed by atoms with van der Waals surface area (Å²) in [4.78, 5) is 46.4. The van der Waals surface area contributed by atoms with E-state index < -0.39 is 75.7 Å². The Labute approximate surface area is 252 Å². The van der Waals surface area contributed by atoms with E-state index in [-0.39, 0.29) is 41.2 Å². The number of fused-ring (bicyclic) bond motifs is 3. The predicted molar refractivity (Wildman–Crippen MR) is 152 cm³/mol. The lowest BCUT2D eigenvalue weighted by Gasteiger charge is -2.50. The topological polar surface area (TPSA) is 190 Å². The van der Waals surface area contributed by atoms with Crippen LogP contribution in [0.1, 0.15) is 33.6 Å². The van der Waals surface area contributed by atoms with Gasteiger partial charge in [-0.3, -0.25) is 19.3 Å². The van der Waals surface area contributed by atoms with Gasteiger partial charge in [0.1, 0.15) is 22.8 Å². The molecular formula is C28H30F3N5O7S. The summed E-state index contributed by atoms with van der Waals surface area (Å²) >= 11 is 0.712. The van der Waals surface area contributed by atoms with Crippen LogP contribution < -0.4 is 16.0 Å². The van der Waals surface area contributed by atoms with Crippen LogP contribution in [-0.2, 0) is 28.7 Å². The lowest BCUT2D eigenvalue weighted by Crippen LogP contribution is -2.63. The van der Waals surface area contributed by atoms with E-state index in [1.54, 1.807) is 39.2 Å². The third-order valence-electron chi connectivity index (χ3n) is 8.48. The molecule has 0 spiro atoms. The second-order valence-corrected chi connectivity index (χ2v) is 12.4. The number of amides is 1. The van der Waals surface area contributed by atoms with Gasteiger partial charge in [0.25, 0.3) is 5.91 Å². The average molecular weight is 638 g/mol. The van der Waals surface area contributed by atoms with E-state index in [9.17, 15) is 48.0 Å². The molecule has 1 aromatic carbocycles. The van der Waals surface area contributed by atoms with E-state index in [0.29, 0.717) is 22.6 Å². The van der Waals surface area contributed by atoms with Gasteiger partial charge in [-0.1, -0.05) is 0 Å². The molecule has 0 radical (unpaired) electrons. The summed E-state index contributed by atoms with van der Waals surface area (Å²) in [7, 11) is 6.48. The number of phenolic OH excluding ortho intramolecular Hbond substituents is 1. The molecular weight excluding hydrogens is 607 g/mol. The molecule has 1 aromatic heterocycles. The second-order valence-electron chi connectivity index (χ2n) is 11.5. The van der Waals surface area contributed by atoms with E-state index in [0.717, 1.165) is 5.38 Å². The third kappa shape index (κ3) is 4.59. The molecule has 2 aromatic rings. The minimum Gasteiger partial charge on any atom is -0.510 e. The molecule has 0 saturated heterocycles. The van der Waals surface area contributed by atoms with Crippen molar-refractivity contribution in [3.63, 3.8) is 0 Å². The normalized spacial score (nSPS) is 25.2. The first-order valence-electron chi connectivity index (χ1n) is 13.4. The molecule has 3 aliphatic rings. The Balaban J connectivity index is 1.61. The van der Waals surface area contributed by atoms with E-state index >= 15 is 0 Å². The van der Waals surface area contributed by atoms with Crippen molar-refractivity contribution >= 4 is 39.6 Å². The number of hydrogen-bond acceptors (Lipinski definition) is 12. The highest BCUT2D eigenvalue weighted by molar-refractivity contribution is 7.13. The number of aromatic nitrogens is 1. The van der Waals surface area contributed by atoms with Crippen LogP contribution in [0.25, 0.3) is 0 Å². The number of phenols is 1. The van der Waals surface area contributed by atoms with Crippen LogP contribution in [0, 0.1) is 11.8 Å². The van der Waals surface area contributed by atoms with Crippen molar-refractivity contribution in [3.8, 4) is 5.75 Å². The number of rotatable bonds is 6. The van der Waals surface area contributed by atoms with Crippen LogP contribution >= 0.6 is 11.3 Å². The molecule has 236 valence electrons. The number of aliphatic hydroxyl groups excluding tert-OH is 2. The molecule has 0 aliphatic heterocycles. The number of nitrogens with zero attached hydrogens (tertiary/aromatic N) is 3. The summed E-state index contributed by atoms with van der Waals surface area (Å²) in [6.07, 6.45) is -4.61. The number of aromatic hydroxyl groups is 1. The van der Waals surface area contributed by atoms with Crippen LogP contribution in [0.4, 0.5) is 24.0 Å². The van der Waals surface area contributed by atoms with Gasteiger partial charge in [-0.2, -0.15) is 13.2 Å². The molecule has 5 rings (SSSR count). The maximum Gasteiger partial charge on any atom is 0.434 e. The third-order valence-corrected chi connectivity index (χ3v) is 9.28. The average Bonchev–Trinajstić information content (AvgIpc) is 3.39. The first-order valence-corrected chi connectivity index (χ1v) is 14.3. The van der Waals surface area contributed by atoms with E-state index in [1.165, 1.54) is 4.90 Å². The number of thiazole rings is 1. The highest BCUT2D eigenvalue weighted by Gasteiger charge is 2.63. The summed E-state index contributed by atoms with van der Waals surface area (Å²) in [5.74, 6) is -7.59. The van der Waals surface area contributed by atoms with Gasteiger partial charge in [-0.15, -0.1) is 11.3 Å². The Hall–Kier alpha value is -4.15. The molecule has 7 N–H and O–H groups in total. The Morgan fingerprint density at radius 1 is 1.20 bits per heavy atom. The first kappa shape index (κ1) is 31.3. The number of aliphatic hydroxyl groups is 3. The lowest BCUT2D eigenvalue weighted by atomic mass is 9.58. The van der Waals surface area contributed by atoms with Crippen molar-refractivity contribution < 1.29 is 48.0 Å². The van der Waals surface area contributed by atoms with Crippen LogP contribution in [0.15, 0.2) is 34.1 Å². The van der Waals surface area contributed by atoms with Crippen molar-refractivity contribution in [2.75, 3.05) is 38.4 Å². The molecule has 0 saturated carbocycles. The van der Waals surface area contributed by atoms with Crippen LogP contribution in [0.5, 0.6) is 5.75 Å². The molecule has 44 heavy (non-hydrogen) atoms. The van der Waals surface area contributed by atoms with Crippen LogP contribution in [0.3, 0.4) is 0 Å². The van der Waals surface area contributed by atoms with Gasteiger partial charge in [0, 0.05) is 48.8 Å². The molecule has 3 aliphatic carbocycles. The summed E-state index contributed by atoms with van der Waals surface area (Å²) in [6.45, 7) is -0.215.